The van der Waals surface area contributed by atoms with Crippen LogP contribution in [0.2, 0.25) is 5.02 Å². The Hall–Kier alpha value is -2.06. The molecule has 1 saturated heterocycles. The van der Waals surface area contributed by atoms with E-state index in [0.717, 1.165) is 50.0 Å². The Morgan fingerprint density at radius 2 is 1.72 bits per heavy atom. The quantitative estimate of drug-likeness (QED) is 0.796. The number of halogens is 1. The highest BCUT2D eigenvalue weighted by Crippen LogP contribution is 2.14. The molecule has 5 heteroatoms. The van der Waals surface area contributed by atoms with Crippen LogP contribution < -0.4 is 4.74 Å². The molecule has 1 aliphatic heterocycles. The molecule has 0 saturated carbocycles. The third kappa shape index (κ3) is 5.47. The first kappa shape index (κ1) is 17.8. The van der Waals surface area contributed by atoms with Gasteiger partial charge in [0.15, 0.2) is 0 Å². The van der Waals surface area contributed by atoms with Crippen molar-refractivity contribution in [3.63, 3.8) is 0 Å². The fraction of sp³-hybridized carbons (Fsp3) is 0.350. The van der Waals surface area contributed by atoms with Gasteiger partial charge in [-0.3, -0.25) is 9.80 Å². The lowest BCUT2D eigenvalue weighted by molar-refractivity contribution is 0.112. The van der Waals surface area contributed by atoms with E-state index in [-0.39, 0.29) is 0 Å². The number of hydrogen-bond donors (Lipinski definition) is 0. The van der Waals surface area contributed by atoms with E-state index in [1.807, 2.05) is 30.3 Å². The van der Waals surface area contributed by atoms with E-state index < -0.39 is 0 Å². The monoisotopic (exact) mass is 355 g/mol. The largest absolute Gasteiger partial charge is 0.492 e. The van der Waals surface area contributed by atoms with Gasteiger partial charge in [-0.25, -0.2) is 0 Å². The Labute approximate surface area is 154 Å². The van der Waals surface area contributed by atoms with Crippen LogP contribution in [0.1, 0.15) is 11.1 Å². The minimum absolute atomic E-state index is 0.656. The van der Waals surface area contributed by atoms with Crippen molar-refractivity contribution in [2.24, 2.45) is 0 Å². The molecule has 4 nitrogen and oxygen atoms in total. The minimum atomic E-state index is 0.656. The summed E-state index contributed by atoms with van der Waals surface area (Å²) < 4.78 is 5.76. The fourth-order valence-electron chi connectivity index (χ4n) is 2.98. The topological polar surface area (TPSA) is 39.5 Å². The molecule has 0 spiro atoms. The molecule has 0 amide bonds. The van der Waals surface area contributed by atoms with Crippen molar-refractivity contribution in [2.75, 3.05) is 39.3 Å². The SMILES string of the molecule is N#Cc1ccc(OCCN2CCN(Cc3cccc(Cl)c3)CC2)cc1. The van der Waals surface area contributed by atoms with Crippen molar-refractivity contribution in [1.82, 2.24) is 9.80 Å². The Morgan fingerprint density at radius 1 is 1.00 bits per heavy atom. The lowest BCUT2D eigenvalue weighted by atomic mass is 10.2. The van der Waals surface area contributed by atoms with Crippen LogP contribution in [0.5, 0.6) is 5.75 Å². The van der Waals surface area contributed by atoms with Crippen molar-refractivity contribution < 1.29 is 4.74 Å². The summed E-state index contributed by atoms with van der Waals surface area (Å²) in [6.07, 6.45) is 0. The second-order valence-electron chi connectivity index (χ2n) is 6.23. The van der Waals surface area contributed by atoms with Crippen LogP contribution in [-0.2, 0) is 6.54 Å². The number of hydrogen-bond acceptors (Lipinski definition) is 4. The summed E-state index contributed by atoms with van der Waals surface area (Å²) in [4.78, 5) is 4.89. The summed E-state index contributed by atoms with van der Waals surface area (Å²) in [5.74, 6) is 0.818. The van der Waals surface area contributed by atoms with Crippen LogP contribution in [0, 0.1) is 11.3 Å². The van der Waals surface area contributed by atoms with Crippen molar-refractivity contribution in [1.29, 1.82) is 5.26 Å². The molecular weight excluding hydrogens is 334 g/mol. The van der Waals surface area contributed by atoms with Crippen LogP contribution in [0.15, 0.2) is 48.5 Å². The Morgan fingerprint density at radius 3 is 2.40 bits per heavy atom. The van der Waals surface area contributed by atoms with Crippen LogP contribution in [0.4, 0.5) is 0 Å². The van der Waals surface area contributed by atoms with Gasteiger partial charge in [0.1, 0.15) is 12.4 Å². The number of piperazine rings is 1. The predicted molar refractivity (Wildman–Crippen MR) is 99.8 cm³/mol. The Bertz CT molecular complexity index is 718. The van der Waals surface area contributed by atoms with Gasteiger partial charge in [-0.15, -0.1) is 0 Å². The first-order valence-corrected chi connectivity index (χ1v) is 8.93. The summed E-state index contributed by atoms with van der Waals surface area (Å²) >= 11 is 6.05. The van der Waals surface area contributed by atoms with E-state index in [1.165, 1.54) is 5.56 Å². The molecule has 1 fully saturated rings. The number of ether oxygens (including phenoxy) is 1. The highest BCUT2D eigenvalue weighted by atomic mass is 35.5. The lowest BCUT2D eigenvalue weighted by Crippen LogP contribution is -2.47. The second-order valence-corrected chi connectivity index (χ2v) is 6.67. The molecule has 25 heavy (non-hydrogen) atoms. The molecule has 1 aliphatic rings. The normalized spacial score (nSPS) is 15.7. The van der Waals surface area contributed by atoms with Crippen molar-refractivity contribution in [3.05, 3.63) is 64.7 Å². The van der Waals surface area contributed by atoms with Crippen molar-refractivity contribution in [2.45, 2.75) is 6.54 Å². The zero-order valence-electron chi connectivity index (χ0n) is 14.2. The standard InChI is InChI=1S/C20H22ClN3O/c21-19-3-1-2-18(14-19)16-24-10-8-23(9-11-24)12-13-25-20-6-4-17(15-22)5-7-20/h1-7,14H,8-13,16H2. The average molecular weight is 356 g/mol. The molecular formula is C20H22ClN3O. The van der Waals surface area contributed by atoms with E-state index in [2.05, 4.69) is 21.9 Å². The minimum Gasteiger partial charge on any atom is -0.492 e. The first-order chi connectivity index (χ1) is 12.2. The number of nitrogens with zero attached hydrogens (tertiary/aromatic N) is 3. The molecule has 2 aromatic carbocycles. The van der Waals surface area contributed by atoms with E-state index in [0.29, 0.717) is 12.2 Å². The summed E-state index contributed by atoms with van der Waals surface area (Å²) in [6.45, 7) is 6.77. The summed E-state index contributed by atoms with van der Waals surface area (Å²) in [7, 11) is 0. The predicted octanol–water partition coefficient (Wildman–Crippen LogP) is 3.41. The average Bonchev–Trinajstić information content (AvgIpc) is 2.64. The van der Waals surface area contributed by atoms with Gasteiger partial charge in [-0.2, -0.15) is 5.26 Å². The van der Waals surface area contributed by atoms with Crippen molar-refractivity contribution in [3.8, 4) is 11.8 Å². The first-order valence-electron chi connectivity index (χ1n) is 8.55. The zero-order valence-corrected chi connectivity index (χ0v) is 15.0. The summed E-state index contributed by atoms with van der Waals surface area (Å²) in [6, 6.07) is 17.5. The van der Waals surface area contributed by atoms with Gasteiger partial charge < -0.3 is 4.74 Å². The van der Waals surface area contributed by atoms with Gasteiger partial charge in [0, 0.05) is 44.3 Å². The van der Waals surface area contributed by atoms with Gasteiger partial charge in [0.2, 0.25) is 0 Å². The highest BCUT2D eigenvalue weighted by molar-refractivity contribution is 6.30. The highest BCUT2D eigenvalue weighted by Gasteiger charge is 2.16. The summed E-state index contributed by atoms with van der Waals surface area (Å²) in [5.41, 5.74) is 1.92. The molecule has 3 rings (SSSR count). The molecule has 0 radical (unpaired) electrons. The maximum Gasteiger partial charge on any atom is 0.119 e. The van der Waals surface area contributed by atoms with Crippen LogP contribution in [0.25, 0.3) is 0 Å². The Kier molecular flexibility index (Phi) is 6.30. The van der Waals surface area contributed by atoms with Gasteiger partial charge >= 0.3 is 0 Å². The maximum absolute atomic E-state index is 8.79. The van der Waals surface area contributed by atoms with Crippen LogP contribution in [0.3, 0.4) is 0 Å². The van der Waals surface area contributed by atoms with Gasteiger partial charge in [-0.05, 0) is 42.0 Å². The number of benzene rings is 2. The second kappa shape index (κ2) is 8.87. The molecule has 2 aromatic rings. The van der Waals surface area contributed by atoms with Crippen molar-refractivity contribution >= 4 is 11.6 Å². The van der Waals surface area contributed by atoms with Crippen LogP contribution >= 0.6 is 11.6 Å². The number of nitriles is 1. The molecule has 1 heterocycles. The summed E-state index contributed by atoms with van der Waals surface area (Å²) in [5, 5.41) is 9.60. The molecule has 0 bridgehead atoms. The molecule has 0 aliphatic carbocycles. The molecule has 0 unspecified atom stereocenters. The molecule has 0 atom stereocenters. The lowest BCUT2D eigenvalue weighted by Gasteiger charge is -2.34. The number of rotatable bonds is 6. The zero-order chi connectivity index (χ0) is 17.5. The fourth-order valence-corrected chi connectivity index (χ4v) is 3.20. The molecule has 130 valence electrons. The smallest absolute Gasteiger partial charge is 0.119 e. The van der Waals surface area contributed by atoms with E-state index in [4.69, 9.17) is 21.6 Å². The van der Waals surface area contributed by atoms with Gasteiger partial charge in [-0.1, -0.05) is 23.7 Å². The third-order valence-electron chi connectivity index (χ3n) is 4.42. The van der Waals surface area contributed by atoms with E-state index >= 15 is 0 Å². The van der Waals surface area contributed by atoms with E-state index in [1.54, 1.807) is 12.1 Å². The molecule has 0 aromatic heterocycles. The maximum atomic E-state index is 8.79. The third-order valence-corrected chi connectivity index (χ3v) is 4.65. The van der Waals surface area contributed by atoms with Gasteiger partial charge in [0.25, 0.3) is 0 Å². The van der Waals surface area contributed by atoms with Crippen LogP contribution in [-0.4, -0.2) is 49.1 Å². The van der Waals surface area contributed by atoms with E-state index in [9.17, 15) is 0 Å². The molecule has 0 N–H and O–H groups in total. The van der Waals surface area contributed by atoms with Gasteiger partial charge in [0.05, 0.1) is 11.6 Å². The Balaban J connectivity index is 1.37.